The zero-order valence-corrected chi connectivity index (χ0v) is 11.2. The number of nitrogens with two attached hydrogens (primary N) is 1. The Kier molecular flexibility index (Phi) is 2.78. The van der Waals surface area contributed by atoms with Crippen molar-refractivity contribution < 1.29 is 5.11 Å². The monoisotopic (exact) mass is 276 g/mol. The van der Waals surface area contributed by atoms with Crippen LogP contribution in [-0.4, -0.2) is 47.0 Å². The third-order valence-corrected chi connectivity index (χ3v) is 3.78. The first-order valence-electron chi connectivity index (χ1n) is 6.28. The molecule has 1 saturated carbocycles. The van der Waals surface area contributed by atoms with E-state index < -0.39 is 0 Å². The van der Waals surface area contributed by atoms with Crippen LogP contribution < -0.4 is 11.1 Å². The molecule has 2 atom stereocenters. The Hall–Kier alpha value is -2.29. The molecule has 2 aromatic rings. The second-order valence-electron chi connectivity index (χ2n) is 5.43. The van der Waals surface area contributed by atoms with Gasteiger partial charge in [0.05, 0.1) is 6.10 Å². The van der Waals surface area contributed by atoms with Crippen LogP contribution in [0, 0.1) is 5.41 Å². The van der Waals surface area contributed by atoms with E-state index in [1.807, 2.05) is 13.8 Å². The van der Waals surface area contributed by atoms with Crippen molar-refractivity contribution in [2.24, 2.45) is 5.41 Å². The summed E-state index contributed by atoms with van der Waals surface area (Å²) >= 11 is 0. The number of rotatable bonds is 3. The number of hydrogen-bond acceptors (Lipinski definition) is 8. The zero-order chi connectivity index (χ0) is 14.3. The van der Waals surface area contributed by atoms with Crippen molar-refractivity contribution in [1.82, 2.24) is 29.7 Å². The second-order valence-corrected chi connectivity index (χ2v) is 5.43. The second kappa shape index (κ2) is 4.37. The van der Waals surface area contributed by atoms with Gasteiger partial charge in [-0.2, -0.15) is 24.7 Å². The van der Waals surface area contributed by atoms with E-state index >= 15 is 0 Å². The van der Waals surface area contributed by atoms with E-state index in [1.165, 1.54) is 17.3 Å². The molecule has 0 bridgehead atoms. The van der Waals surface area contributed by atoms with Gasteiger partial charge in [0.15, 0.2) is 0 Å². The van der Waals surface area contributed by atoms with Gasteiger partial charge in [0, 0.05) is 11.5 Å². The van der Waals surface area contributed by atoms with Gasteiger partial charge in [0.2, 0.25) is 11.9 Å². The molecule has 0 saturated heterocycles. The van der Waals surface area contributed by atoms with Crippen molar-refractivity contribution in [1.29, 1.82) is 0 Å². The van der Waals surface area contributed by atoms with Crippen LogP contribution in [0.2, 0.25) is 0 Å². The molecule has 106 valence electrons. The molecule has 3 rings (SSSR count). The van der Waals surface area contributed by atoms with Crippen molar-refractivity contribution in [2.75, 3.05) is 11.1 Å². The lowest BCUT2D eigenvalue weighted by Crippen LogP contribution is -2.57. The minimum Gasteiger partial charge on any atom is -0.392 e. The molecule has 1 aliphatic carbocycles. The predicted molar refractivity (Wildman–Crippen MR) is 71.0 cm³/mol. The van der Waals surface area contributed by atoms with Crippen LogP contribution in [0.25, 0.3) is 5.95 Å². The molecule has 0 aromatic carbocycles. The lowest BCUT2D eigenvalue weighted by molar-refractivity contribution is -0.0512. The van der Waals surface area contributed by atoms with Crippen molar-refractivity contribution in [3.8, 4) is 5.95 Å². The highest BCUT2D eigenvalue weighted by molar-refractivity contribution is 5.37. The predicted octanol–water partition coefficient (Wildman–Crippen LogP) is -0.394. The quantitative estimate of drug-likeness (QED) is 0.691. The lowest BCUT2D eigenvalue weighted by atomic mass is 9.65. The van der Waals surface area contributed by atoms with E-state index in [4.69, 9.17) is 5.73 Å². The summed E-state index contributed by atoms with van der Waals surface area (Å²) in [6.45, 7) is 3.98. The number of nitrogen functional groups attached to an aromatic ring is 1. The maximum absolute atomic E-state index is 9.74. The minimum atomic E-state index is -0.325. The molecule has 4 N–H and O–H groups in total. The van der Waals surface area contributed by atoms with E-state index in [0.717, 1.165) is 0 Å². The molecule has 0 aliphatic heterocycles. The first-order chi connectivity index (χ1) is 9.46. The van der Waals surface area contributed by atoms with Crippen molar-refractivity contribution in [3.05, 3.63) is 12.7 Å². The first kappa shape index (κ1) is 12.7. The first-order valence-corrected chi connectivity index (χ1v) is 6.28. The summed E-state index contributed by atoms with van der Waals surface area (Å²) in [6.07, 6.45) is 3.19. The van der Waals surface area contributed by atoms with Crippen molar-refractivity contribution >= 4 is 11.9 Å². The number of aliphatic hydroxyl groups excluding tert-OH is 1. The lowest BCUT2D eigenvalue weighted by Gasteiger charge is -2.49. The minimum absolute atomic E-state index is 0.0860. The van der Waals surface area contributed by atoms with Gasteiger partial charge in [-0.1, -0.05) is 13.8 Å². The molecule has 0 radical (unpaired) electrons. The van der Waals surface area contributed by atoms with E-state index in [-0.39, 0.29) is 23.5 Å². The summed E-state index contributed by atoms with van der Waals surface area (Å²) in [4.78, 5) is 16.2. The fourth-order valence-electron chi connectivity index (χ4n) is 2.16. The Balaban J connectivity index is 1.84. The largest absolute Gasteiger partial charge is 0.392 e. The van der Waals surface area contributed by atoms with Gasteiger partial charge in [0.25, 0.3) is 5.95 Å². The number of aromatic nitrogens is 6. The summed E-state index contributed by atoms with van der Waals surface area (Å²) in [5.41, 5.74) is 5.46. The Morgan fingerprint density at radius 2 is 2.20 bits per heavy atom. The molecule has 0 spiro atoms. The fourth-order valence-corrected chi connectivity index (χ4v) is 2.16. The topological polar surface area (TPSA) is 128 Å². The van der Waals surface area contributed by atoms with Gasteiger partial charge < -0.3 is 16.2 Å². The number of anilines is 2. The highest BCUT2D eigenvalue weighted by atomic mass is 16.3. The summed E-state index contributed by atoms with van der Waals surface area (Å²) in [6, 6.07) is 0.0860. The van der Waals surface area contributed by atoms with Crippen LogP contribution in [0.15, 0.2) is 12.7 Å². The van der Waals surface area contributed by atoms with Gasteiger partial charge in [-0.05, 0) is 6.42 Å². The smallest absolute Gasteiger partial charge is 0.258 e. The van der Waals surface area contributed by atoms with Gasteiger partial charge >= 0.3 is 0 Å². The van der Waals surface area contributed by atoms with Gasteiger partial charge in [-0.15, -0.1) is 0 Å². The molecule has 9 nitrogen and oxygen atoms in total. The maximum Gasteiger partial charge on any atom is 0.258 e. The maximum atomic E-state index is 9.74. The van der Waals surface area contributed by atoms with Crippen LogP contribution in [0.5, 0.6) is 0 Å². The third kappa shape index (κ3) is 2.05. The Morgan fingerprint density at radius 1 is 1.40 bits per heavy atom. The summed E-state index contributed by atoms with van der Waals surface area (Å²) < 4.78 is 1.41. The molecular weight excluding hydrogens is 260 g/mol. The summed E-state index contributed by atoms with van der Waals surface area (Å²) in [5, 5.41) is 16.9. The van der Waals surface area contributed by atoms with Gasteiger partial charge in [-0.3, -0.25) is 0 Å². The van der Waals surface area contributed by atoms with Crippen LogP contribution >= 0.6 is 0 Å². The molecule has 0 amide bonds. The van der Waals surface area contributed by atoms with E-state index in [1.54, 1.807) is 0 Å². The molecule has 9 heteroatoms. The van der Waals surface area contributed by atoms with Crippen LogP contribution in [0.4, 0.5) is 11.9 Å². The standard InChI is InChI=1S/C11H16N8O/c1-11(2)6(3-7(11)20)15-9-16-8(12)17-10(18-9)19-5-13-4-14-19/h4-7,20H,3H2,1-2H3,(H3,12,15,16,17,18). The van der Waals surface area contributed by atoms with Crippen LogP contribution in [0.1, 0.15) is 20.3 Å². The molecule has 2 aromatic heterocycles. The SMILES string of the molecule is CC1(C)C(O)CC1Nc1nc(N)nc(-n2cncn2)n1. The summed E-state index contributed by atoms with van der Waals surface area (Å²) in [5.74, 6) is 0.772. The summed E-state index contributed by atoms with van der Waals surface area (Å²) in [7, 11) is 0. The number of aliphatic hydroxyl groups is 1. The van der Waals surface area contributed by atoms with E-state index in [2.05, 4.69) is 30.4 Å². The Bertz CT molecular complexity index is 611. The number of nitrogens with zero attached hydrogens (tertiary/aromatic N) is 6. The van der Waals surface area contributed by atoms with E-state index in [9.17, 15) is 5.11 Å². The fraction of sp³-hybridized carbons (Fsp3) is 0.545. The van der Waals surface area contributed by atoms with E-state index in [0.29, 0.717) is 18.3 Å². The zero-order valence-electron chi connectivity index (χ0n) is 11.2. The average Bonchev–Trinajstić information content (AvgIpc) is 2.91. The number of nitrogens with one attached hydrogen (secondary N) is 1. The Labute approximate surface area is 115 Å². The normalized spacial score (nSPS) is 24.1. The van der Waals surface area contributed by atoms with Crippen LogP contribution in [0.3, 0.4) is 0 Å². The Morgan fingerprint density at radius 3 is 2.80 bits per heavy atom. The molecule has 1 aliphatic rings. The van der Waals surface area contributed by atoms with Crippen molar-refractivity contribution in [2.45, 2.75) is 32.4 Å². The molecule has 1 fully saturated rings. The molecule has 20 heavy (non-hydrogen) atoms. The molecular formula is C11H16N8O. The highest BCUT2D eigenvalue weighted by Gasteiger charge is 2.47. The van der Waals surface area contributed by atoms with Gasteiger partial charge in [-0.25, -0.2) is 4.98 Å². The van der Waals surface area contributed by atoms with Crippen LogP contribution in [-0.2, 0) is 0 Å². The van der Waals surface area contributed by atoms with Crippen molar-refractivity contribution in [3.63, 3.8) is 0 Å². The third-order valence-electron chi connectivity index (χ3n) is 3.78. The highest BCUT2D eigenvalue weighted by Crippen LogP contribution is 2.41. The van der Waals surface area contributed by atoms with Gasteiger partial charge in [0.1, 0.15) is 12.7 Å². The number of hydrogen-bond donors (Lipinski definition) is 3. The average molecular weight is 276 g/mol. The molecule has 2 unspecified atom stereocenters. The molecule has 2 heterocycles.